The van der Waals surface area contributed by atoms with E-state index in [-0.39, 0.29) is 6.04 Å². The van der Waals surface area contributed by atoms with E-state index < -0.39 is 0 Å². The molecule has 0 saturated heterocycles. The van der Waals surface area contributed by atoms with Crippen molar-refractivity contribution in [2.45, 2.75) is 38.9 Å². The zero-order valence-electron chi connectivity index (χ0n) is 17.9. The number of rotatable bonds is 6. The summed E-state index contributed by atoms with van der Waals surface area (Å²) in [6, 6.07) is 28.1. The standard InChI is InChI=1S/C26H27N5/c1-20-11-13-23(14-12-20)25(30-17-16-22-9-5-6-10-24(22)19-30)26-27-28-29-31(26)18-15-21-7-3-2-4-8-21/h2-14,25H,15-19H2,1H3. The lowest BCUT2D eigenvalue weighted by atomic mass is 9.95. The van der Waals surface area contributed by atoms with E-state index in [9.17, 15) is 0 Å². The van der Waals surface area contributed by atoms with Crippen LogP contribution in [0.15, 0.2) is 78.9 Å². The predicted octanol–water partition coefficient (Wildman–Crippen LogP) is 4.37. The molecule has 0 N–H and O–H groups in total. The summed E-state index contributed by atoms with van der Waals surface area (Å²) >= 11 is 0. The first-order chi connectivity index (χ1) is 15.3. The molecule has 5 rings (SSSR count). The number of aromatic nitrogens is 4. The van der Waals surface area contributed by atoms with Crippen LogP contribution in [-0.4, -0.2) is 31.7 Å². The van der Waals surface area contributed by atoms with E-state index >= 15 is 0 Å². The number of tetrazole rings is 1. The van der Waals surface area contributed by atoms with Gasteiger partial charge in [-0.2, -0.15) is 0 Å². The van der Waals surface area contributed by atoms with Crippen LogP contribution in [0.25, 0.3) is 0 Å². The maximum atomic E-state index is 4.52. The number of hydrogen-bond acceptors (Lipinski definition) is 4. The number of benzene rings is 3. The molecular formula is C26H27N5. The van der Waals surface area contributed by atoms with Crippen molar-refractivity contribution >= 4 is 0 Å². The summed E-state index contributed by atoms with van der Waals surface area (Å²) in [7, 11) is 0. The largest absolute Gasteiger partial charge is 0.285 e. The number of hydrogen-bond donors (Lipinski definition) is 0. The van der Waals surface area contributed by atoms with E-state index in [1.165, 1.54) is 27.8 Å². The van der Waals surface area contributed by atoms with Gasteiger partial charge in [0.25, 0.3) is 0 Å². The first kappa shape index (κ1) is 19.6. The van der Waals surface area contributed by atoms with Gasteiger partial charge >= 0.3 is 0 Å². The third kappa shape index (κ3) is 4.28. The zero-order chi connectivity index (χ0) is 21.0. The van der Waals surface area contributed by atoms with Gasteiger partial charge in [0, 0.05) is 19.6 Å². The fourth-order valence-electron chi connectivity index (χ4n) is 4.46. The summed E-state index contributed by atoms with van der Waals surface area (Å²) in [6.45, 7) is 4.78. The molecule has 31 heavy (non-hydrogen) atoms. The van der Waals surface area contributed by atoms with E-state index in [2.05, 4.69) is 100 Å². The van der Waals surface area contributed by atoms with E-state index in [1.54, 1.807) is 0 Å². The second-order valence-electron chi connectivity index (χ2n) is 8.30. The second-order valence-corrected chi connectivity index (χ2v) is 8.30. The molecule has 1 aromatic heterocycles. The Hall–Kier alpha value is -3.31. The topological polar surface area (TPSA) is 46.8 Å². The Morgan fingerprint density at radius 1 is 0.871 bits per heavy atom. The maximum Gasteiger partial charge on any atom is 0.173 e. The Balaban J connectivity index is 1.47. The van der Waals surface area contributed by atoms with Gasteiger partial charge in [-0.15, -0.1) is 5.10 Å². The molecule has 1 aliphatic rings. The Labute approximate surface area is 183 Å². The van der Waals surface area contributed by atoms with Gasteiger partial charge < -0.3 is 0 Å². The maximum absolute atomic E-state index is 4.52. The van der Waals surface area contributed by atoms with E-state index in [1.807, 2.05) is 10.7 Å². The molecule has 156 valence electrons. The van der Waals surface area contributed by atoms with E-state index in [0.29, 0.717) is 0 Å². The summed E-state index contributed by atoms with van der Waals surface area (Å²) in [4.78, 5) is 2.51. The Morgan fingerprint density at radius 3 is 2.42 bits per heavy atom. The highest BCUT2D eigenvalue weighted by atomic mass is 15.5. The smallest absolute Gasteiger partial charge is 0.173 e. The van der Waals surface area contributed by atoms with Crippen molar-refractivity contribution in [1.29, 1.82) is 0 Å². The van der Waals surface area contributed by atoms with Crippen LogP contribution in [0.3, 0.4) is 0 Å². The molecule has 0 aliphatic carbocycles. The van der Waals surface area contributed by atoms with Crippen LogP contribution in [0, 0.1) is 6.92 Å². The van der Waals surface area contributed by atoms with Crippen molar-refractivity contribution in [3.8, 4) is 0 Å². The molecule has 5 nitrogen and oxygen atoms in total. The minimum absolute atomic E-state index is 0.0275. The lowest BCUT2D eigenvalue weighted by Gasteiger charge is -2.35. The Kier molecular flexibility index (Phi) is 5.59. The number of nitrogens with zero attached hydrogens (tertiary/aromatic N) is 5. The lowest BCUT2D eigenvalue weighted by molar-refractivity contribution is 0.194. The highest BCUT2D eigenvalue weighted by Gasteiger charge is 2.30. The number of fused-ring (bicyclic) bond motifs is 1. The van der Waals surface area contributed by atoms with Crippen LogP contribution in [0.4, 0.5) is 0 Å². The van der Waals surface area contributed by atoms with Gasteiger partial charge in [-0.05, 0) is 52.4 Å². The van der Waals surface area contributed by atoms with Crippen LogP contribution < -0.4 is 0 Å². The molecule has 2 heterocycles. The summed E-state index contributed by atoms with van der Waals surface area (Å²) in [5.41, 5.74) is 6.64. The van der Waals surface area contributed by atoms with Gasteiger partial charge in [0.2, 0.25) is 0 Å². The van der Waals surface area contributed by atoms with Gasteiger partial charge in [0.15, 0.2) is 5.82 Å². The zero-order valence-corrected chi connectivity index (χ0v) is 17.9. The molecule has 0 radical (unpaired) electrons. The number of aryl methyl sites for hydroxylation is 3. The van der Waals surface area contributed by atoms with Crippen molar-refractivity contribution < 1.29 is 0 Å². The molecule has 3 aromatic carbocycles. The molecular weight excluding hydrogens is 382 g/mol. The van der Waals surface area contributed by atoms with Gasteiger partial charge in [0.05, 0.1) is 6.04 Å². The average molecular weight is 410 g/mol. The highest BCUT2D eigenvalue weighted by Crippen LogP contribution is 2.32. The van der Waals surface area contributed by atoms with Crippen LogP contribution in [0.5, 0.6) is 0 Å². The van der Waals surface area contributed by atoms with Crippen molar-refractivity contribution in [2.75, 3.05) is 6.54 Å². The quantitative estimate of drug-likeness (QED) is 0.474. The van der Waals surface area contributed by atoms with Crippen LogP contribution in [0.1, 0.15) is 39.7 Å². The third-order valence-electron chi connectivity index (χ3n) is 6.18. The second kappa shape index (κ2) is 8.82. The SMILES string of the molecule is Cc1ccc(C(c2nnnn2CCc2ccccc2)N2CCc3ccccc3C2)cc1. The minimum Gasteiger partial charge on any atom is -0.285 e. The summed E-state index contributed by atoms with van der Waals surface area (Å²) in [6.07, 6.45) is 1.95. The van der Waals surface area contributed by atoms with Gasteiger partial charge in [-0.25, -0.2) is 4.68 Å². The fourth-order valence-corrected chi connectivity index (χ4v) is 4.46. The highest BCUT2D eigenvalue weighted by molar-refractivity contribution is 5.32. The molecule has 0 bridgehead atoms. The van der Waals surface area contributed by atoms with Gasteiger partial charge in [-0.3, -0.25) is 4.90 Å². The average Bonchev–Trinajstić information content (AvgIpc) is 3.28. The van der Waals surface area contributed by atoms with Gasteiger partial charge in [0.1, 0.15) is 0 Å². The monoisotopic (exact) mass is 409 g/mol. The molecule has 1 atom stereocenters. The van der Waals surface area contributed by atoms with Crippen LogP contribution in [0.2, 0.25) is 0 Å². The third-order valence-corrected chi connectivity index (χ3v) is 6.18. The van der Waals surface area contributed by atoms with Crippen LogP contribution >= 0.6 is 0 Å². The van der Waals surface area contributed by atoms with Crippen LogP contribution in [-0.2, 0) is 25.9 Å². The summed E-state index contributed by atoms with van der Waals surface area (Å²) < 4.78 is 1.98. The van der Waals surface area contributed by atoms with Crippen molar-refractivity contribution in [2.24, 2.45) is 0 Å². The predicted molar refractivity (Wildman–Crippen MR) is 122 cm³/mol. The molecule has 4 aromatic rings. The molecule has 0 fully saturated rings. The molecule has 5 heteroatoms. The molecule has 1 aliphatic heterocycles. The molecule has 0 spiro atoms. The minimum atomic E-state index is 0.0275. The van der Waals surface area contributed by atoms with Crippen molar-refractivity contribution in [3.63, 3.8) is 0 Å². The van der Waals surface area contributed by atoms with Crippen molar-refractivity contribution in [3.05, 3.63) is 113 Å². The first-order valence-corrected chi connectivity index (χ1v) is 11.0. The first-order valence-electron chi connectivity index (χ1n) is 11.0. The van der Waals surface area contributed by atoms with E-state index in [4.69, 9.17) is 0 Å². The molecule has 0 saturated carbocycles. The summed E-state index contributed by atoms with van der Waals surface area (Å²) in [5.74, 6) is 0.916. The summed E-state index contributed by atoms with van der Waals surface area (Å²) in [5, 5.41) is 13.0. The molecule has 1 unspecified atom stereocenters. The normalized spacial score (nSPS) is 14.9. The van der Waals surface area contributed by atoms with Crippen molar-refractivity contribution in [1.82, 2.24) is 25.1 Å². The Morgan fingerprint density at radius 2 is 1.61 bits per heavy atom. The fraction of sp³-hybridized carbons (Fsp3) is 0.269. The molecule has 0 amide bonds. The Bertz CT molecular complexity index is 1130. The lowest BCUT2D eigenvalue weighted by Crippen LogP contribution is -2.36. The van der Waals surface area contributed by atoms with Gasteiger partial charge in [-0.1, -0.05) is 84.4 Å². The van der Waals surface area contributed by atoms with E-state index in [0.717, 1.165) is 38.3 Å².